The van der Waals surface area contributed by atoms with E-state index in [1.165, 1.54) is 6.07 Å². The van der Waals surface area contributed by atoms with Gasteiger partial charge < -0.3 is 15.5 Å². The second-order valence-electron chi connectivity index (χ2n) is 3.62. The average Bonchev–Trinajstić information content (AvgIpc) is 2.26. The third-order valence-electron chi connectivity index (χ3n) is 2.23. The zero-order chi connectivity index (χ0) is 13.0. The fourth-order valence-electron chi connectivity index (χ4n) is 1.20. The standard InChI is InChI=1S/C11H12BrNO4/c1-6(10(14)15)5-13-9-3-2-7(12)4-8(9)11(16)17/h2-4,6,13H,5H2,1H3,(H,14,15)(H,16,17). The molecule has 0 fully saturated rings. The molecular formula is C11H12BrNO4. The Morgan fingerprint density at radius 2 is 2.06 bits per heavy atom. The van der Waals surface area contributed by atoms with Crippen LogP contribution in [0.4, 0.5) is 5.69 Å². The highest BCUT2D eigenvalue weighted by molar-refractivity contribution is 9.10. The van der Waals surface area contributed by atoms with E-state index in [0.29, 0.717) is 10.2 Å². The molecule has 0 aliphatic heterocycles. The number of carbonyl (C=O) groups is 2. The largest absolute Gasteiger partial charge is 0.481 e. The number of carboxylic acids is 2. The van der Waals surface area contributed by atoms with Gasteiger partial charge in [0.1, 0.15) is 0 Å². The maximum Gasteiger partial charge on any atom is 0.337 e. The quantitative estimate of drug-likeness (QED) is 0.777. The van der Waals surface area contributed by atoms with Crippen LogP contribution in [0.25, 0.3) is 0 Å². The molecule has 1 aromatic rings. The number of aliphatic carboxylic acids is 1. The van der Waals surface area contributed by atoms with Gasteiger partial charge in [-0.25, -0.2) is 4.79 Å². The Morgan fingerprint density at radius 3 is 2.59 bits per heavy atom. The van der Waals surface area contributed by atoms with Crippen LogP contribution in [0.15, 0.2) is 22.7 Å². The molecule has 5 nitrogen and oxygen atoms in total. The Bertz CT molecular complexity index is 447. The number of halogens is 1. The van der Waals surface area contributed by atoms with E-state index in [-0.39, 0.29) is 12.1 Å². The van der Waals surface area contributed by atoms with Gasteiger partial charge in [0.2, 0.25) is 0 Å². The van der Waals surface area contributed by atoms with Crippen molar-refractivity contribution in [3.8, 4) is 0 Å². The lowest BCUT2D eigenvalue weighted by atomic mass is 10.1. The fourth-order valence-corrected chi connectivity index (χ4v) is 1.56. The molecule has 0 aromatic heterocycles. The van der Waals surface area contributed by atoms with Crippen molar-refractivity contribution < 1.29 is 19.8 Å². The minimum Gasteiger partial charge on any atom is -0.481 e. The maximum absolute atomic E-state index is 11.0. The van der Waals surface area contributed by atoms with E-state index in [1.54, 1.807) is 19.1 Å². The first-order chi connectivity index (χ1) is 7.91. The molecule has 0 bridgehead atoms. The molecule has 92 valence electrons. The predicted molar refractivity (Wildman–Crippen MR) is 66.4 cm³/mol. The van der Waals surface area contributed by atoms with Gasteiger partial charge in [-0.15, -0.1) is 0 Å². The molecule has 0 saturated carbocycles. The Labute approximate surface area is 107 Å². The number of carboxylic acid groups (broad SMARTS) is 2. The normalized spacial score (nSPS) is 11.9. The van der Waals surface area contributed by atoms with Crippen LogP contribution in [0.3, 0.4) is 0 Å². The van der Waals surface area contributed by atoms with Crippen LogP contribution in [0.1, 0.15) is 17.3 Å². The summed E-state index contributed by atoms with van der Waals surface area (Å²) in [5.74, 6) is -2.57. The molecule has 0 aliphatic rings. The van der Waals surface area contributed by atoms with Crippen LogP contribution in [-0.2, 0) is 4.79 Å². The number of rotatable bonds is 5. The van der Waals surface area contributed by atoms with E-state index < -0.39 is 17.9 Å². The third kappa shape index (κ3) is 3.74. The zero-order valence-corrected chi connectivity index (χ0v) is 10.7. The van der Waals surface area contributed by atoms with Gasteiger partial charge >= 0.3 is 11.9 Å². The van der Waals surface area contributed by atoms with Crippen LogP contribution in [-0.4, -0.2) is 28.7 Å². The molecule has 0 radical (unpaired) electrons. The van der Waals surface area contributed by atoms with Crippen molar-refractivity contribution in [3.05, 3.63) is 28.2 Å². The van der Waals surface area contributed by atoms with E-state index in [1.807, 2.05) is 0 Å². The second kappa shape index (κ2) is 5.67. The van der Waals surface area contributed by atoms with Crippen molar-refractivity contribution >= 4 is 33.6 Å². The van der Waals surface area contributed by atoms with Crippen LogP contribution < -0.4 is 5.32 Å². The number of hydrogen-bond acceptors (Lipinski definition) is 3. The lowest BCUT2D eigenvalue weighted by Gasteiger charge is -2.12. The van der Waals surface area contributed by atoms with Crippen LogP contribution in [0, 0.1) is 5.92 Å². The minimum absolute atomic E-state index is 0.108. The van der Waals surface area contributed by atoms with E-state index in [2.05, 4.69) is 21.2 Å². The number of hydrogen-bond donors (Lipinski definition) is 3. The van der Waals surface area contributed by atoms with Crippen molar-refractivity contribution in [1.82, 2.24) is 0 Å². The summed E-state index contributed by atoms with van der Waals surface area (Å²) >= 11 is 3.18. The molecule has 0 heterocycles. The van der Waals surface area contributed by atoms with E-state index in [0.717, 1.165) is 0 Å². The lowest BCUT2D eigenvalue weighted by Crippen LogP contribution is -2.20. The Kier molecular flexibility index (Phi) is 4.51. The first kappa shape index (κ1) is 13.5. The first-order valence-electron chi connectivity index (χ1n) is 4.91. The molecule has 0 aliphatic carbocycles. The van der Waals surface area contributed by atoms with Gasteiger partial charge in [-0.05, 0) is 18.2 Å². The van der Waals surface area contributed by atoms with Gasteiger partial charge in [-0.1, -0.05) is 22.9 Å². The molecule has 1 aromatic carbocycles. The van der Waals surface area contributed by atoms with E-state index in [4.69, 9.17) is 10.2 Å². The molecule has 0 saturated heterocycles. The van der Waals surface area contributed by atoms with Crippen molar-refractivity contribution in [2.24, 2.45) is 5.92 Å². The number of benzene rings is 1. The van der Waals surface area contributed by atoms with Gasteiger partial charge in [0.05, 0.1) is 11.5 Å². The van der Waals surface area contributed by atoms with Gasteiger partial charge in [0.15, 0.2) is 0 Å². The van der Waals surface area contributed by atoms with Gasteiger partial charge in [0.25, 0.3) is 0 Å². The molecule has 1 atom stereocenters. The van der Waals surface area contributed by atoms with Crippen LogP contribution in [0.2, 0.25) is 0 Å². The SMILES string of the molecule is CC(CNc1ccc(Br)cc1C(=O)O)C(=O)O. The highest BCUT2D eigenvalue weighted by Gasteiger charge is 2.14. The molecule has 3 N–H and O–H groups in total. The van der Waals surface area contributed by atoms with Crippen molar-refractivity contribution in [2.75, 3.05) is 11.9 Å². The Balaban J connectivity index is 2.84. The van der Waals surface area contributed by atoms with Crippen molar-refractivity contribution in [2.45, 2.75) is 6.92 Å². The predicted octanol–water partition coefficient (Wildman–Crippen LogP) is 2.28. The van der Waals surface area contributed by atoms with Crippen molar-refractivity contribution in [1.29, 1.82) is 0 Å². The molecule has 1 unspecified atom stereocenters. The Hall–Kier alpha value is -1.56. The summed E-state index contributed by atoms with van der Waals surface area (Å²) in [5.41, 5.74) is 0.519. The van der Waals surface area contributed by atoms with Gasteiger partial charge in [-0.3, -0.25) is 4.79 Å². The van der Waals surface area contributed by atoms with Crippen LogP contribution >= 0.6 is 15.9 Å². The lowest BCUT2D eigenvalue weighted by molar-refractivity contribution is -0.140. The van der Waals surface area contributed by atoms with Gasteiger partial charge in [0, 0.05) is 16.7 Å². The summed E-state index contributed by atoms with van der Waals surface area (Å²) in [6.45, 7) is 1.73. The Morgan fingerprint density at radius 1 is 1.41 bits per heavy atom. The van der Waals surface area contributed by atoms with E-state index in [9.17, 15) is 9.59 Å². The number of anilines is 1. The summed E-state index contributed by atoms with van der Waals surface area (Å²) in [5, 5.41) is 20.5. The highest BCUT2D eigenvalue weighted by Crippen LogP contribution is 2.21. The van der Waals surface area contributed by atoms with Crippen LogP contribution in [0.5, 0.6) is 0 Å². The maximum atomic E-state index is 11.0. The zero-order valence-electron chi connectivity index (χ0n) is 9.11. The summed E-state index contributed by atoms with van der Waals surface area (Å²) in [6, 6.07) is 4.76. The number of nitrogens with one attached hydrogen (secondary N) is 1. The summed E-state index contributed by atoms with van der Waals surface area (Å²) < 4.78 is 0.659. The molecule has 0 amide bonds. The molecule has 0 spiro atoms. The third-order valence-corrected chi connectivity index (χ3v) is 2.73. The first-order valence-corrected chi connectivity index (χ1v) is 5.70. The number of aromatic carboxylic acids is 1. The molecular weight excluding hydrogens is 290 g/mol. The topological polar surface area (TPSA) is 86.6 Å². The van der Waals surface area contributed by atoms with Crippen molar-refractivity contribution in [3.63, 3.8) is 0 Å². The molecule has 17 heavy (non-hydrogen) atoms. The molecule has 6 heteroatoms. The summed E-state index contributed by atoms with van der Waals surface area (Å²) in [6.07, 6.45) is 0. The smallest absolute Gasteiger partial charge is 0.337 e. The van der Waals surface area contributed by atoms with Gasteiger partial charge in [-0.2, -0.15) is 0 Å². The average molecular weight is 302 g/mol. The second-order valence-corrected chi connectivity index (χ2v) is 4.53. The monoisotopic (exact) mass is 301 g/mol. The van der Waals surface area contributed by atoms with E-state index >= 15 is 0 Å². The summed E-state index contributed by atoms with van der Waals surface area (Å²) in [7, 11) is 0. The fraction of sp³-hybridized carbons (Fsp3) is 0.273. The molecule has 1 rings (SSSR count). The summed E-state index contributed by atoms with van der Waals surface area (Å²) in [4.78, 5) is 21.6. The highest BCUT2D eigenvalue weighted by atomic mass is 79.9. The minimum atomic E-state index is -1.06.